The smallest absolute Gasteiger partial charge is 0.410 e. The van der Waals surface area contributed by atoms with Crippen LogP contribution in [0.1, 0.15) is 39.2 Å². The van der Waals surface area contributed by atoms with Crippen LogP contribution >= 0.6 is 0 Å². The predicted molar refractivity (Wildman–Crippen MR) is 102 cm³/mol. The minimum Gasteiger partial charge on any atom is -0.444 e. The molecule has 7 heteroatoms. The maximum absolute atomic E-state index is 13.0. The Balaban J connectivity index is 1.53. The molecule has 3 rings (SSSR count). The molecule has 148 valence electrons. The molecule has 0 unspecified atom stereocenters. The summed E-state index contributed by atoms with van der Waals surface area (Å²) in [5.74, 6) is 0.0573. The summed E-state index contributed by atoms with van der Waals surface area (Å²) in [6.45, 7) is 10.1. The van der Waals surface area contributed by atoms with Crippen LogP contribution in [-0.4, -0.2) is 76.1 Å². The van der Waals surface area contributed by atoms with Crippen LogP contribution in [0.15, 0.2) is 24.5 Å². The van der Waals surface area contributed by atoms with Crippen molar-refractivity contribution in [3.8, 4) is 0 Å². The SMILES string of the molecule is CC(C)(C)OC(=O)N1CCC[C@H]1C(=O)N1CCN(Cc2ccncc2)CC1. The van der Waals surface area contributed by atoms with Gasteiger partial charge >= 0.3 is 6.09 Å². The lowest BCUT2D eigenvalue weighted by Gasteiger charge is -2.37. The van der Waals surface area contributed by atoms with E-state index in [1.165, 1.54) is 5.56 Å². The van der Waals surface area contributed by atoms with E-state index in [0.717, 1.165) is 32.5 Å². The van der Waals surface area contributed by atoms with Gasteiger partial charge in [-0.1, -0.05) is 0 Å². The quantitative estimate of drug-likeness (QED) is 0.811. The Morgan fingerprint density at radius 2 is 1.78 bits per heavy atom. The van der Waals surface area contributed by atoms with Gasteiger partial charge in [0, 0.05) is 51.7 Å². The largest absolute Gasteiger partial charge is 0.444 e. The first-order valence-corrected chi connectivity index (χ1v) is 9.73. The second kappa shape index (κ2) is 8.25. The topological polar surface area (TPSA) is 66.0 Å². The standard InChI is InChI=1S/C20H30N4O3/c1-20(2,3)27-19(26)24-10-4-5-17(24)18(25)23-13-11-22(12-14-23)15-16-6-8-21-9-7-16/h6-9,17H,4-5,10-15H2,1-3H3/t17-/m0/s1. The van der Waals surface area contributed by atoms with E-state index in [1.54, 1.807) is 17.3 Å². The van der Waals surface area contributed by atoms with Gasteiger partial charge in [0.1, 0.15) is 11.6 Å². The second-order valence-electron chi connectivity index (χ2n) is 8.29. The Kier molecular flexibility index (Phi) is 5.99. The third kappa shape index (κ3) is 5.19. The van der Waals surface area contributed by atoms with Crippen molar-refractivity contribution in [2.75, 3.05) is 32.7 Å². The first kappa shape index (κ1) is 19.6. The van der Waals surface area contributed by atoms with E-state index in [0.29, 0.717) is 19.6 Å². The van der Waals surface area contributed by atoms with Gasteiger partial charge in [-0.15, -0.1) is 0 Å². The number of amides is 2. The third-order valence-electron chi connectivity index (χ3n) is 5.01. The molecular formula is C20H30N4O3. The minimum absolute atomic E-state index is 0.0573. The van der Waals surface area contributed by atoms with Gasteiger partial charge in [-0.25, -0.2) is 4.79 Å². The number of hydrogen-bond acceptors (Lipinski definition) is 5. The molecule has 3 heterocycles. The van der Waals surface area contributed by atoms with Gasteiger partial charge in [-0.3, -0.25) is 19.6 Å². The maximum Gasteiger partial charge on any atom is 0.410 e. The number of ether oxygens (including phenoxy) is 1. The Hall–Kier alpha value is -2.15. The summed E-state index contributed by atoms with van der Waals surface area (Å²) < 4.78 is 5.48. The molecule has 0 radical (unpaired) electrons. The number of carbonyl (C=O) groups is 2. The van der Waals surface area contributed by atoms with Crippen molar-refractivity contribution >= 4 is 12.0 Å². The Morgan fingerprint density at radius 3 is 2.41 bits per heavy atom. The van der Waals surface area contributed by atoms with Crippen molar-refractivity contribution in [1.82, 2.24) is 19.7 Å². The molecule has 0 aliphatic carbocycles. The van der Waals surface area contributed by atoms with Crippen LogP contribution in [0.5, 0.6) is 0 Å². The van der Waals surface area contributed by atoms with E-state index in [2.05, 4.69) is 9.88 Å². The fraction of sp³-hybridized carbons (Fsp3) is 0.650. The monoisotopic (exact) mass is 374 g/mol. The molecule has 7 nitrogen and oxygen atoms in total. The molecule has 1 aromatic rings. The van der Waals surface area contributed by atoms with Crippen molar-refractivity contribution < 1.29 is 14.3 Å². The molecule has 27 heavy (non-hydrogen) atoms. The molecule has 2 saturated heterocycles. The number of likely N-dealkylation sites (tertiary alicyclic amines) is 1. The van der Waals surface area contributed by atoms with Crippen molar-refractivity contribution in [3.63, 3.8) is 0 Å². The first-order valence-electron chi connectivity index (χ1n) is 9.73. The first-order chi connectivity index (χ1) is 12.8. The van der Waals surface area contributed by atoms with Gasteiger partial charge < -0.3 is 9.64 Å². The summed E-state index contributed by atoms with van der Waals surface area (Å²) in [6, 6.07) is 3.66. The molecular weight excluding hydrogens is 344 g/mol. The zero-order valence-electron chi connectivity index (χ0n) is 16.6. The van der Waals surface area contributed by atoms with E-state index in [9.17, 15) is 9.59 Å². The summed E-state index contributed by atoms with van der Waals surface area (Å²) in [5.41, 5.74) is 0.683. The fourth-order valence-corrected chi connectivity index (χ4v) is 3.65. The van der Waals surface area contributed by atoms with Crippen LogP contribution in [0.2, 0.25) is 0 Å². The number of hydrogen-bond donors (Lipinski definition) is 0. The van der Waals surface area contributed by atoms with Gasteiger partial charge in [-0.05, 0) is 51.3 Å². The highest BCUT2D eigenvalue weighted by Crippen LogP contribution is 2.23. The van der Waals surface area contributed by atoms with Crippen LogP contribution in [0.3, 0.4) is 0 Å². The van der Waals surface area contributed by atoms with Crippen LogP contribution in [0, 0.1) is 0 Å². The average molecular weight is 374 g/mol. The highest BCUT2D eigenvalue weighted by molar-refractivity contribution is 5.86. The Morgan fingerprint density at radius 1 is 1.11 bits per heavy atom. The highest BCUT2D eigenvalue weighted by Gasteiger charge is 2.39. The molecule has 2 aliphatic heterocycles. The van der Waals surface area contributed by atoms with Crippen LogP contribution in [-0.2, 0) is 16.1 Å². The van der Waals surface area contributed by atoms with Crippen molar-refractivity contribution in [1.29, 1.82) is 0 Å². The molecule has 0 saturated carbocycles. The summed E-state index contributed by atoms with van der Waals surface area (Å²) in [5, 5.41) is 0. The number of piperazine rings is 1. The van der Waals surface area contributed by atoms with E-state index in [-0.39, 0.29) is 18.0 Å². The number of pyridine rings is 1. The molecule has 2 aliphatic rings. The van der Waals surface area contributed by atoms with Crippen LogP contribution in [0.4, 0.5) is 4.79 Å². The molecule has 1 aromatic heterocycles. The second-order valence-corrected chi connectivity index (χ2v) is 8.29. The lowest BCUT2D eigenvalue weighted by atomic mass is 10.1. The van der Waals surface area contributed by atoms with Crippen molar-refractivity contribution in [3.05, 3.63) is 30.1 Å². The summed E-state index contributed by atoms with van der Waals surface area (Å²) in [6.07, 6.45) is 4.79. The normalized spacial score (nSPS) is 21.4. The number of nitrogens with zero attached hydrogens (tertiary/aromatic N) is 4. The minimum atomic E-state index is -0.550. The molecule has 0 bridgehead atoms. The molecule has 0 N–H and O–H groups in total. The van der Waals surface area contributed by atoms with E-state index in [4.69, 9.17) is 4.74 Å². The molecule has 2 amide bonds. The van der Waals surface area contributed by atoms with Gasteiger partial charge in [0.2, 0.25) is 5.91 Å². The maximum atomic E-state index is 13.0. The van der Waals surface area contributed by atoms with Gasteiger partial charge in [0.25, 0.3) is 0 Å². The molecule has 0 aromatic carbocycles. The predicted octanol–water partition coefficient (Wildman–Crippen LogP) is 2.13. The molecule has 2 fully saturated rings. The van der Waals surface area contributed by atoms with Gasteiger partial charge in [0.05, 0.1) is 0 Å². The average Bonchev–Trinajstić information content (AvgIpc) is 3.11. The van der Waals surface area contributed by atoms with E-state index < -0.39 is 5.60 Å². The van der Waals surface area contributed by atoms with E-state index >= 15 is 0 Å². The zero-order valence-corrected chi connectivity index (χ0v) is 16.6. The zero-order chi connectivity index (χ0) is 19.4. The number of rotatable bonds is 3. The number of carbonyl (C=O) groups excluding carboxylic acids is 2. The lowest BCUT2D eigenvalue weighted by Crippen LogP contribution is -2.54. The lowest BCUT2D eigenvalue weighted by molar-refractivity contribution is -0.137. The Bertz CT molecular complexity index is 651. The van der Waals surface area contributed by atoms with Crippen LogP contribution in [0.25, 0.3) is 0 Å². The molecule has 0 spiro atoms. The Labute approximate surface area is 161 Å². The summed E-state index contributed by atoms with van der Waals surface area (Å²) >= 11 is 0. The van der Waals surface area contributed by atoms with Crippen LogP contribution < -0.4 is 0 Å². The third-order valence-corrected chi connectivity index (χ3v) is 5.01. The summed E-state index contributed by atoms with van der Waals surface area (Å²) in [7, 11) is 0. The van der Waals surface area contributed by atoms with E-state index in [1.807, 2.05) is 37.8 Å². The van der Waals surface area contributed by atoms with Crippen molar-refractivity contribution in [2.24, 2.45) is 0 Å². The highest BCUT2D eigenvalue weighted by atomic mass is 16.6. The summed E-state index contributed by atoms with van der Waals surface area (Å²) in [4.78, 5) is 35.3. The fourth-order valence-electron chi connectivity index (χ4n) is 3.65. The van der Waals surface area contributed by atoms with Crippen molar-refractivity contribution in [2.45, 2.75) is 51.8 Å². The van der Waals surface area contributed by atoms with Gasteiger partial charge in [-0.2, -0.15) is 0 Å². The molecule has 1 atom stereocenters. The van der Waals surface area contributed by atoms with Gasteiger partial charge in [0.15, 0.2) is 0 Å². The number of aromatic nitrogens is 1.